The normalized spacial score (nSPS) is 23.3. The van der Waals surface area contributed by atoms with E-state index >= 15 is 0 Å². The molecule has 1 aromatic carbocycles. The maximum atomic E-state index is 12.8. The number of hydrogen-bond donors (Lipinski definition) is 1. The number of hydrogen-bond acceptors (Lipinski definition) is 2. The van der Waals surface area contributed by atoms with Crippen LogP contribution in [-0.2, 0) is 22.6 Å². The lowest BCUT2D eigenvalue weighted by Gasteiger charge is -2.16. The number of aliphatic carboxylic acids is 1. The zero-order chi connectivity index (χ0) is 17.6. The van der Waals surface area contributed by atoms with E-state index in [0.717, 1.165) is 35.9 Å². The molecule has 25 heavy (non-hydrogen) atoms. The molecule has 5 nitrogen and oxygen atoms in total. The Balaban J connectivity index is 1.54. The maximum Gasteiger partial charge on any atom is 0.308 e. The maximum absolute atomic E-state index is 12.8. The second kappa shape index (κ2) is 6.21. The van der Waals surface area contributed by atoms with E-state index in [1.165, 1.54) is 0 Å². The topological polar surface area (TPSA) is 62.5 Å². The number of aromatic nitrogens is 1. The van der Waals surface area contributed by atoms with E-state index in [1.54, 1.807) is 4.90 Å². The summed E-state index contributed by atoms with van der Waals surface area (Å²) in [6.45, 7) is 3.92. The zero-order valence-corrected chi connectivity index (χ0v) is 14.5. The van der Waals surface area contributed by atoms with Crippen molar-refractivity contribution in [3.05, 3.63) is 36.0 Å². The Labute approximate surface area is 147 Å². The molecule has 1 N–H and O–H groups in total. The van der Waals surface area contributed by atoms with Crippen LogP contribution < -0.4 is 0 Å². The molecule has 2 fully saturated rings. The van der Waals surface area contributed by atoms with Crippen LogP contribution >= 0.6 is 0 Å². The summed E-state index contributed by atoms with van der Waals surface area (Å²) in [7, 11) is 0. The van der Waals surface area contributed by atoms with Crippen LogP contribution in [0.15, 0.2) is 30.5 Å². The summed E-state index contributed by atoms with van der Waals surface area (Å²) in [6, 6.07) is 8.14. The van der Waals surface area contributed by atoms with Crippen LogP contribution in [0.3, 0.4) is 0 Å². The van der Waals surface area contributed by atoms with Crippen molar-refractivity contribution in [1.82, 2.24) is 9.47 Å². The summed E-state index contributed by atoms with van der Waals surface area (Å²) >= 11 is 0. The van der Waals surface area contributed by atoms with Gasteiger partial charge in [-0.2, -0.15) is 0 Å². The van der Waals surface area contributed by atoms with Gasteiger partial charge in [0.15, 0.2) is 0 Å². The summed E-state index contributed by atoms with van der Waals surface area (Å²) in [5.41, 5.74) is 2.18. The number of likely N-dealkylation sites (tertiary alicyclic amines) is 1. The number of carbonyl (C=O) groups excluding carboxylic acids is 1. The molecule has 0 unspecified atom stereocenters. The second-order valence-corrected chi connectivity index (χ2v) is 7.38. The number of para-hydroxylation sites is 1. The molecule has 4 rings (SSSR count). The van der Waals surface area contributed by atoms with Crippen LogP contribution in [0.1, 0.15) is 25.3 Å². The van der Waals surface area contributed by atoms with Gasteiger partial charge in [0, 0.05) is 36.7 Å². The molecule has 1 amide bonds. The fourth-order valence-corrected chi connectivity index (χ4v) is 4.30. The van der Waals surface area contributed by atoms with Crippen molar-refractivity contribution in [2.75, 3.05) is 13.1 Å². The highest BCUT2D eigenvalue weighted by molar-refractivity contribution is 5.89. The lowest BCUT2D eigenvalue weighted by Crippen LogP contribution is -2.31. The smallest absolute Gasteiger partial charge is 0.308 e. The van der Waals surface area contributed by atoms with E-state index in [2.05, 4.69) is 29.8 Å². The van der Waals surface area contributed by atoms with E-state index in [0.29, 0.717) is 25.4 Å². The summed E-state index contributed by atoms with van der Waals surface area (Å²) in [5.74, 6) is -0.462. The van der Waals surface area contributed by atoms with Gasteiger partial charge in [-0.15, -0.1) is 0 Å². The van der Waals surface area contributed by atoms with Crippen molar-refractivity contribution in [3.63, 3.8) is 0 Å². The number of aryl methyl sites for hydroxylation is 1. The average Bonchev–Trinajstić information content (AvgIpc) is 3.25. The van der Waals surface area contributed by atoms with Gasteiger partial charge in [0.05, 0.1) is 12.3 Å². The predicted octanol–water partition coefficient (Wildman–Crippen LogP) is 2.77. The molecule has 1 saturated heterocycles. The Morgan fingerprint density at radius 3 is 2.64 bits per heavy atom. The SMILES string of the molecule is CCn1cc(CC(=O)N2C[C@H](C(=O)O)[C@@H](C3CC3)C2)c2ccccc21. The van der Waals surface area contributed by atoms with E-state index in [-0.39, 0.29) is 11.8 Å². The van der Waals surface area contributed by atoms with Crippen molar-refractivity contribution in [3.8, 4) is 0 Å². The molecule has 0 radical (unpaired) electrons. The number of carbonyl (C=O) groups is 2. The highest BCUT2D eigenvalue weighted by Gasteiger charge is 2.46. The summed E-state index contributed by atoms with van der Waals surface area (Å²) in [4.78, 5) is 26.2. The molecule has 1 saturated carbocycles. The Kier molecular flexibility index (Phi) is 4.02. The number of carboxylic acids is 1. The largest absolute Gasteiger partial charge is 0.481 e. The van der Waals surface area contributed by atoms with Crippen LogP contribution in [0.5, 0.6) is 0 Å². The predicted molar refractivity (Wildman–Crippen MR) is 95.2 cm³/mol. The molecule has 0 spiro atoms. The monoisotopic (exact) mass is 340 g/mol. The van der Waals surface area contributed by atoms with Crippen molar-refractivity contribution in [2.45, 2.75) is 32.7 Å². The van der Waals surface area contributed by atoms with Gasteiger partial charge in [-0.3, -0.25) is 9.59 Å². The molecule has 0 bridgehead atoms. The minimum absolute atomic E-state index is 0.0495. The Bertz CT molecular complexity index is 821. The first-order chi connectivity index (χ1) is 12.1. The Hall–Kier alpha value is -2.30. The van der Waals surface area contributed by atoms with Gasteiger partial charge in [-0.05, 0) is 43.2 Å². The fourth-order valence-electron chi connectivity index (χ4n) is 4.30. The molecule has 132 valence electrons. The molecule has 2 aliphatic rings. The molecular weight excluding hydrogens is 316 g/mol. The van der Waals surface area contributed by atoms with Gasteiger partial charge in [0.25, 0.3) is 0 Å². The first kappa shape index (κ1) is 16.2. The van der Waals surface area contributed by atoms with Crippen molar-refractivity contribution in [1.29, 1.82) is 0 Å². The Morgan fingerprint density at radius 1 is 1.20 bits per heavy atom. The molecule has 2 heterocycles. The van der Waals surface area contributed by atoms with Crippen molar-refractivity contribution < 1.29 is 14.7 Å². The van der Waals surface area contributed by atoms with Crippen LogP contribution in [0.25, 0.3) is 10.9 Å². The van der Waals surface area contributed by atoms with E-state index in [1.807, 2.05) is 12.1 Å². The lowest BCUT2D eigenvalue weighted by molar-refractivity contribution is -0.142. The first-order valence-electron chi connectivity index (χ1n) is 9.15. The molecule has 5 heteroatoms. The number of rotatable bonds is 5. The van der Waals surface area contributed by atoms with E-state index in [9.17, 15) is 14.7 Å². The van der Waals surface area contributed by atoms with Crippen molar-refractivity contribution >= 4 is 22.8 Å². The molecule has 1 aliphatic carbocycles. The summed E-state index contributed by atoms with van der Waals surface area (Å²) < 4.78 is 2.16. The number of carboxylic acid groups (broad SMARTS) is 1. The Morgan fingerprint density at radius 2 is 1.96 bits per heavy atom. The van der Waals surface area contributed by atoms with Gasteiger partial charge in [-0.25, -0.2) is 0 Å². The van der Waals surface area contributed by atoms with Crippen LogP contribution in [0, 0.1) is 17.8 Å². The number of nitrogens with zero attached hydrogens (tertiary/aromatic N) is 2. The summed E-state index contributed by atoms with van der Waals surface area (Å²) in [6.07, 6.45) is 4.63. The highest BCUT2D eigenvalue weighted by atomic mass is 16.4. The lowest BCUT2D eigenvalue weighted by atomic mass is 9.92. The standard InChI is InChI=1S/C20H24N2O3/c1-2-21-10-14(15-5-3-4-6-18(15)21)9-19(23)22-11-16(13-7-8-13)17(12-22)20(24)25/h3-6,10,13,16-17H,2,7-9,11-12H2,1H3,(H,24,25)/t16-,17+/m1/s1. The van der Waals surface area contributed by atoms with Crippen LogP contribution in [-0.4, -0.2) is 39.5 Å². The molecular formula is C20H24N2O3. The van der Waals surface area contributed by atoms with Crippen LogP contribution in [0.4, 0.5) is 0 Å². The molecule has 2 aromatic rings. The fraction of sp³-hybridized carbons (Fsp3) is 0.500. The number of benzene rings is 1. The van der Waals surface area contributed by atoms with Gasteiger partial charge in [0.1, 0.15) is 0 Å². The van der Waals surface area contributed by atoms with Gasteiger partial charge in [-0.1, -0.05) is 18.2 Å². The van der Waals surface area contributed by atoms with Crippen molar-refractivity contribution in [2.24, 2.45) is 17.8 Å². The number of amides is 1. The first-order valence-corrected chi connectivity index (χ1v) is 9.15. The summed E-state index contributed by atoms with van der Waals surface area (Å²) in [5, 5.41) is 10.6. The third-order valence-electron chi connectivity index (χ3n) is 5.82. The molecule has 1 aliphatic heterocycles. The molecule has 2 atom stereocenters. The van der Waals surface area contributed by atoms with Crippen LogP contribution in [0.2, 0.25) is 0 Å². The second-order valence-electron chi connectivity index (χ2n) is 7.38. The quantitative estimate of drug-likeness (QED) is 0.910. The zero-order valence-electron chi connectivity index (χ0n) is 14.5. The van der Waals surface area contributed by atoms with Gasteiger partial charge >= 0.3 is 5.97 Å². The van der Waals surface area contributed by atoms with E-state index < -0.39 is 11.9 Å². The third kappa shape index (κ3) is 2.92. The number of fused-ring (bicyclic) bond motifs is 1. The van der Waals surface area contributed by atoms with E-state index in [4.69, 9.17) is 0 Å². The minimum Gasteiger partial charge on any atom is -0.481 e. The van der Waals surface area contributed by atoms with Gasteiger partial charge in [0.2, 0.25) is 5.91 Å². The van der Waals surface area contributed by atoms with Gasteiger partial charge < -0.3 is 14.6 Å². The third-order valence-corrected chi connectivity index (χ3v) is 5.82. The molecule has 1 aromatic heterocycles. The minimum atomic E-state index is -0.755. The highest BCUT2D eigenvalue weighted by Crippen LogP contribution is 2.44. The average molecular weight is 340 g/mol.